The molecule has 1 atom stereocenters. The fourth-order valence-corrected chi connectivity index (χ4v) is 4.89. The van der Waals surface area contributed by atoms with Gasteiger partial charge in [-0.15, -0.1) is 0 Å². The number of carboxylic acid groups (broad SMARTS) is 1. The van der Waals surface area contributed by atoms with Gasteiger partial charge in [-0.2, -0.15) is 0 Å². The van der Waals surface area contributed by atoms with Crippen molar-refractivity contribution in [1.82, 2.24) is 10.3 Å². The van der Waals surface area contributed by atoms with Crippen LogP contribution in [0, 0.1) is 5.82 Å². The summed E-state index contributed by atoms with van der Waals surface area (Å²) in [6.45, 7) is 6.46. The maximum Gasteiger partial charge on any atom is 0.305 e. The summed E-state index contributed by atoms with van der Waals surface area (Å²) in [6.07, 6.45) is 1.27. The SMILES string of the molecule is CC(C)(C)c1ccc(Oc2ccc3cnc(C(=O)NC(CC(=O)O)c4ccc(-c5ccc(F)c(Cl)c5)cc4)cc3c2)cc1. The van der Waals surface area contributed by atoms with Crippen LogP contribution in [0.3, 0.4) is 0 Å². The summed E-state index contributed by atoms with van der Waals surface area (Å²) in [5.41, 5.74) is 3.47. The van der Waals surface area contributed by atoms with E-state index in [9.17, 15) is 19.1 Å². The summed E-state index contributed by atoms with van der Waals surface area (Å²) in [4.78, 5) is 29.2. The molecule has 1 unspecified atom stereocenters. The van der Waals surface area contributed by atoms with Gasteiger partial charge in [-0.3, -0.25) is 14.6 Å². The highest BCUT2D eigenvalue weighted by Gasteiger charge is 2.20. The Morgan fingerprint density at radius 1 is 0.884 bits per heavy atom. The minimum Gasteiger partial charge on any atom is -0.481 e. The number of aromatic nitrogens is 1. The molecule has 0 spiro atoms. The van der Waals surface area contributed by atoms with E-state index in [4.69, 9.17) is 16.3 Å². The Hall–Kier alpha value is -4.75. The van der Waals surface area contributed by atoms with Gasteiger partial charge in [0.25, 0.3) is 5.91 Å². The lowest BCUT2D eigenvalue weighted by Gasteiger charge is -2.19. The van der Waals surface area contributed by atoms with Crippen molar-refractivity contribution >= 4 is 34.2 Å². The minimum absolute atomic E-state index is 0.00826. The third-order valence-corrected chi connectivity index (χ3v) is 7.42. The van der Waals surface area contributed by atoms with Gasteiger partial charge >= 0.3 is 5.97 Å². The number of carbonyl (C=O) groups is 2. The van der Waals surface area contributed by atoms with Gasteiger partial charge in [-0.05, 0) is 81.6 Å². The molecule has 0 saturated heterocycles. The van der Waals surface area contributed by atoms with Crippen LogP contribution >= 0.6 is 11.6 Å². The molecule has 8 heteroatoms. The first kappa shape index (κ1) is 29.7. The van der Waals surface area contributed by atoms with Gasteiger partial charge in [0, 0.05) is 11.6 Å². The summed E-state index contributed by atoms with van der Waals surface area (Å²) in [5.74, 6) is -0.775. The normalized spacial score (nSPS) is 12.1. The van der Waals surface area contributed by atoms with Gasteiger partial charge in [0.05, 0.1) is 17.5 Å². The van der Waals surface area contributed by atoms with E-state index in [-0.39, 0.29) is 22.6 Å². The Balaban J connectivity index is 1.34. The van der Waals surface area contributed by atoms with Crippen molar-refractivity contribution in [2.45, 2.75) is 38.6 Å². The van der Waals surface area contributed by atoms with Crippen molar-refractivity contribution in [2.24, 2.45) is 0 Å². The van der Waals surface area contributed by atoms with Gasteiger partial charge in [0.15, 0.2) is 0 Å². The van der Waals surface area contributed by atoms with E-state index in [2.05, 4.69) is 31.1 Å². The number of fused-ring (bicyclic) bond motifs is 1. The number of carbonyl (C=O) groups excluding carboxylic acids is 1. The van der Waals surface area contributed by atoms with E-state index in [0.717, 1.165) is 16.3 Å². The third-order valence-electron chi connectivity index (χ3n) is 7.13. The average molecular weight is 597 g/mol. The van der Waals surface area contributed by atoms with E-state index >= 15 is 0 Å². The van der Waals surface area contributed by atoms with E-state index in [1.165, 1.54) is 17.7 Å². The lowest BCUT2D eigenvalue weighted by molar-refractivity contribution is -0.137. The van der Waals surface area contributed by atoms with E-state index in [1.54, 1.807) is 42.6 Å². The molecule has 6 nitrogen and oxygen atoms in total. The molecular formula is C35H30ClFN2O4. The van der Waals surface area contributed by atoms with E-state index < -0.39 is 23.7 Å². The van der Waals surface area contributed by atoms with E-state index in [1.807, 2.05) is 42.5 Å². The van der Waals surface area contributed by atoms with Crippen molar-refractivity contribution in [3.63, 3.8) is 0 Å². The number of nitrogens with one attached hydrogen (secondary N) is 1. The maximum absolute atomic E-state index is 13.6. The van der Waals surface area contributed by atoms with Crippen LogP contribution in [-0.2, 0) is 10.2 Å². The number of carboxylic acids is 1. The van der Waals surface area contributed by atoms with Crippen LogP contribution in [0.4, 0.5) is 4.39 Å². The lowest BCUT2D eigenvalue weighted by atomic mass is 9.87. The predicted molar refractivity (Wildman–Crippen MR) is 166 cm³/mol. The van der Waals surface area contributed by atoms with Crippen molar-refractivity contribution in [2.75, 3.05) is 0 Å². The monoisotopic (exact) mass is 596 g/mol. The summed E-state index contributed by atoms with van der Waals surface area (Å²) in [5, 5.41) is 13.9. The average Bonchev–Trinajstić information content (AvgIpc) is 2.97. The first-order chi connectivity index (χ1) is 20.5. The second-order valence-electron chi connectivity index (χ2n) is 11.3. The Morgan fingerprint density at radius 2 is 1.56 bits per heavy atom. The van der Waals surface area contributed by atoms with Crippen molar-refractivity contribution in [3.8, 4) is 22.6 Å². The zero-order valence-electron chi connectivity index (χ0n) is 23.9. The van der Waals surface area contributed by atoms with Gasteiger partial charge in [-0.25, -0.2) is 4.39 Å². The van der Waals surface area contributed by atoms with Gasteiger partial charge in [0.2, 0.25) is 0 Å². The van der Waals surface area contributed by atoms with E-state index in [0.29, 0.717) is 22.6 Å². The van der Waals surface area contributed by atoms with Crippen molar-refractivity contribution in [3.05, 3.63) is 125 Å². The quantitative estimate of drug-likeness (QED) is 0.187. The van der Waals surface area contributed by atoms with Crippen LogP contribution in [0.1, 0.15) is 54.8 Å². The molecule has 1 heterocycles. The van der Waals surface area contributed by atoms with Crippen LogP contribution < -0.4 is 10.1 Å². The molecule has 5 rings (SSSR count). The highest BCUT2D eigenvalue weighted by molar-refractivity contribution is 6.31. The van der Waals surface area contributed by atoms with Crippen LogP contribution in [0.15, 0.2) is 97.2 Å². The molecule has 43 heavy (non-hydrogen) atoms. The van der Waals surface area contributed by atoms with Crippen LogP contribution in [-0.4, -0.2) is 22.0 Å². The van der Waals surface area contributed by atoms with Crippen molar-refractivity contribution in [1.29, 1.82) is 0 Å². The van der Waals surface area contributed by atoms with Crippen LogP contribution in [0.5, 0.6) is 11.5 Å². The molecular weight excluding hydrogens is 567 g/mol. The molecule has 0 bridgehead atoms. The number of benzene rings is 4. The number of ether oxygens (including phenoxy) is 1. The summed E-state index contributed by atoms with van der Waals surface area (Å²) in [7, 11) is 0. The lowest BCUT2D eigenvalue weighted by Crippen LogP contribution is -2.30. The topological polar surface area (TPSA) is 88.5 Å². The molecule has 0 saturated carbocycles. The Morgan fingerprint density at radius 3 is 2.21 bits per heavy atom. The number of nitrogens with zero attached hydrogens (tertiary/aromatic N) is 1. The number of hydrogen-bond acceptors (Lipinski definition) is 4. The fraction of sp³-hybridized carbons (Fsp3) is 0.171. The Bertz CT molecular complexity index is 1800. The summed E-state index contributed by atoms with van der Waals surface area (Å²) >= 11 is 5.92. The van der Waals surface area contributed by atoms with Crippen LogP contribution in [0.2, 0.25) is 5.02 Å². The van der Waals surface area contributed by atoms with Gasteiger partial charge in [-0.1, -0.05) is 74.8 Å². The molecule has 2 N–H and O–H groups in total. The van der Waals surface area contributed by atoms with Crippen LogP contribution in [0.25, 0.3) is 21.9 Å². The number of amides is 1. The largest absolute Gasteiger partial charge is 0.481 e. The molecule has 0 radical (unpaired) electrons. The number of aliphatic carboxylic acids is 1. The first-order valence-electron chi connectivity index (χ1n) is 13.7. The highest BCUT2D eigenvalue weighted by atomic mass is 35.5. The Kier molecular flexibility index (Phi) is 8.46. The molecule has 4 aromatic carbocycles. The standard InChI is InChI=1S/C35H30ClFN2O4/c1-35(2,3)26-10-13-27(14-11-26)43-28-12-8-24-20-38-32(18-25(24)16-28)34(42)39-31(19-33(40)41)22-6-4-21(5-7-22)23-9-15-30(37)29(36)17-23/h4-18,20,31H,19H2,1-3H3,(H,39,42)(H,40,41). The summed E-state index contributed by atoms with van der Waals surface area (Å²) < 4.78 is 19.6. The number of rotatable bonds is 8. The molecule has 0 fully saturated rings. The molecule has 218 valence electrons. The molecule has 5 aromatic rings. The molecule has 0 aliphatic rings. The molecule has 0 aliphatic carbocycles. The maximum atomic E-state index is 13.6. The molecule has 1 aromatic heterocycles. The zero-order chi connectivity index (χ0) is 30.7. The first-order valence-corrected chi connectivity index (χ1v) is 14.1. The fourth-order valence-electron chi connectivity index (χ4n) is 4.71. The second-order valence-corrected chi connectivity index (χ2v) is 11.7. The minimum atomic E-state index is -1.07. The third kappa shape index (κ3) is 7.19. The number of pyridine rings is 1. The molecule has 0 aliphatic heterocycles. The predicted octanol–water partition coefficient (Wildman–Crippen LogP) is 8.73. The smallest absolute Gasteiger partial charge is 0.305 e. The zero-order valence-corrected chi connectivity index (χ0v) is 24.7. The second kappa shape index (κ2) is 12.2. The number of halogens is 2. The Labute approximate surface area is 254 Å². The van der Waals surface area contributed by atoms with Crippen molar-refractivity contribution < 1.29 is 23.8 Å². The summed E-state index contributed by atoms with van der Waals surface area (Å²) in [6, 6.07) is 25.7. The number of hydrogen-bond donors (Lipinski definition) is 2. The highest BCUT2D eigenvalue weighted by Crippen LogP contribution is 2.30. The van der Waals surface area contributed by atoms with Gasteiger partial charge in [0.1, 0.15) is 23.0 Å². The molecule has 1 amide bonds. The van der Waals surface area contributed by atoms with Gasteiger partial charge < -0.3 is 15.2 Å².